The highest BCUT2D eigenvalue weighted by molar-refractivity contribution is 5.82. The third kappa shape index (κ3) is 4.66. The molecule has 0 saturated carbocycles. The first-order chi connectivity index (χ1) is 15.6. The number of fused-ring (bicyclic) bond motifs is 1. The van der Waals surface area contributed by atoms with E-state index >= 15 is 0 Å². The lowest BCUT2D eigenvalue weighted by Gasteiger charge is -2.18. The Balaban J connectivity index is 1.46. The molecule has 9 heteroatoms. The van der Waals surface area contributed by atoms with Crippen LogP contribution in [-0.4, -0.2) is 47.7 Å². The number of rotatable bonds is 9. The van der Waals surface area contributed by atoms with Crippen LogP contribution in [0.15, 0.2) is 53.6 Å². The van der Waals surface area contributed by atoms with Crippen LogP contribution in [0.3, 0.4) is 0 Å². The minimum atomic E-state index is -0.220. The monoisotopic (exact) mass is 434 g/mol. The molecule has 0 aliphatic rings. The topological polar surface area (TPSA) is 108 Å². The molecule has 0 aliphatic heterocycles. The molecule has 0 unspecified atom stereocenters. The Kier molecular flexibility index (Phi) is 6.25. The van der Waals surface area contributed by atoms with Crippen molar-refractivity contribution in [2.45, 2.75) is 13.0 Å². The maximum absolute atomic E-state index is 12.6. The zero-order chi connectivity index (χ0) is 22.5. The Hall–Kier alpha value is -4.01. The molecule has 9 nitrogen and oxygen atoms in total. The number of anilines is 2. The lowest BCUT2D eigenvalue weighted by Crippen LogP contribution is -2.25. The largest absolute Gasteiger partial charge is 0.493 e. The number of H-pyrrole nitrogens is 2. The maximum atomic E-state index is 12.6. The van der Waals surface area contributed by atoms with Gasteiger partial charge in [0.25, 0.3) is 5.56 Å². The molecule has 32 heavy (non-hydrogen) atoms. The summed E-state index contributed by atoms with van der Waals surface area (Å²) in [6.45, 7) is 1.32. The van der Waals surface area contributed by atoms with Crippen LogP contribution in [0.2, 0.25) is 0 Å². The SMILES string of the molecule is COc1cc2nc(N(C)CCc3cccc(NCc4ncc[nH]4)c3)[nH]c(=O)c2cc1OC. The quantitative estimate of drug-likeness (QED) is 0.372. The first kappa shape index (κ1) is 21.2. The molecule has 0 spiro atoms. The summed E-state index contributed by atoms with van der Waals surface area (Å²) in [7, 11) is 5.00. The molecule has 0 radical (unpaired) electrons. The fourth-order valence-corrected chi connectivity index (χ4v) is 3.45. The molecule has 4 aromatic rings. The maximum Gasteiger partial charge on any atom is 0.260 e. The van der Waals surface area contributed by atoms with Crippen molar-refractivity contribution in [3.8, 4) is 11.5 Å². The third-order valence-corrected chi connectivity index (χ3v) is 5.24. The summed E-state index contributed by atoms with van der Waals surface area (Å²) in [6, 6.07) is 11.6. The Morgan fingerprint density at radius 3 is 2.69 bits per heavy atom. The molecular formula is C23H26N6O3. The van der Waals surface area contributed by atoms with E-state index in [0.717, 1.165) is 17.9 Å². The van der Waals surface area contributed by atoms with E-state index in [2.05, 4.69) is 37.4 Å². The molecule has 2 aromatic heterocycles. The van der Waals surface area contributed by atoms with E-state index in [1.807, 2.05) is 24.1 Å². The van der Waals surface area contributed by atoms with Crippen molar-refractivity contribution in [1.29, 1.82) is 0 Å². The summed E-state index contributed by atoms with van der Waals surface area (Å²) < 4.78 is 10.6. The van der Waals surface area contributed by atoms with Crippen molar-refractivity contribution in [2.24, 2.45) is 0 Å². The lowest BCUT2D eigenvalue weighted by molar-refractivity contribution is 0.355. The van der Waals surface area contributed by atoms with E-state index in [-0.39, 0.29) is 5.56 Å². The molecule has 3 N–H and O–H groups in total. The Morgan fingerprint density at radius 2 is 1.94 bits per heavy atom. The number of aromatic nitrogens is 4. The van der Waals surface area contributed by atoms with E-state index < -0.39 is 0 Å². The summed E-state index contributed by atoms with van der Waals surface area (Å²) in [5.41, 5.74) is 2.54. The van der Waals surface area contributed by atoms with Gasteiger partial charge in [-0.2, -0.15) is 0 Å². The van der Waals surface area contributed by atoms with Gasteiger partial charge in [-0.05, 0) is 30.2 Å². The second-order valence-corrected chi connectivity index (χ2v) is 7.38. The Morgan fingerprint density at radius 1 is 1.12 bits per heavy atom. The highest BCUT2D eigenvalue weighted by Crippen LogP contribution is 2.30. The first-order valence-electron chi connectivity index (χ1n) is 10.3. The van der Waals surface area contributed by atoms with E-state index in [9.17, 15) is 4.79 Å². The molecule has 2 aromatic carbocycles. The van der Waals surface area contributed by atoms with Crippen molar-refractivity contribution < 1.29 is 9.47 Å². The number of methoxy groups -OCH3 is 2. The fourth-order valence-electron chi connectivity index (χ4n) is 3.45. The van der Waals surface area contributed by atoms with Crippen LogP contribution in [0.25, 0.3) is 10.9 Å². The molecular weight excluding hydrogens is 408 g/mol. The summed E-state index contributed by atoms with van der Waals surface area (Å²) in [4.78, 5) is 29.3. The van der Waals surface area contributed by atoms with E-state index in [0.29, 0.717) is 41.4 Å². The van der Waals surface area contributed by atoms with Gasteiger partial charge >= 0.3 is 0 Å². The van der Waals surface area contributed by atoms with Crippen molar-refractivity contribution in [3.63, 3.8) is 0 Å². The van der Waals surface area contributed by atoms with Gasteiger partial charge in [-0.3, -0.25) is 9.78 Å². The van der Waals surface area contributed by atoms with Gasteiger partial charge in [0.15, 0.2) is 11.5 Å². The van der Waals surface area contributed by atoms with Gasteiger partial charge in [-0.15, -0.1) is 0 Å². The van der Waals surface area contributed by atoms with Gasteiger partial charge in [0.05, 0.1) is 31.7 Å². The van der Waals surface area contributed by atoms with Gasteiger partial charge < -0.3 is 24.7 Å². The van der Waals surface area contributed by atoms with Gasteiger partial charge in [-0.1, -0.05) is 12.1 Å². The normalized spacial score (nSPS) is 10.8. The van der Waals surface area contributed by atoms with Gasteiger partial charge in [0.1, 0.15) is 5.82 Å². The van der Waals surface area contributed by atoms with Gasteiger partial charge in [0, 0.05) is 37.7 Å². The average Bonchev–Trinajstić information content (AvgIpc) is 3.34. The number of hydrogen-bond donors (Lipinski definition) is 3. The standard InChI is InChI=1S/C23H26N6O3/c1-29(10-7-15-5-4-6-16(11-15)26-14-21-24-8-9-25-21)23-27-18-13-20(32-3)19(31-2)12-17(18)22(30)28-23/h4-6,8-9,11-13,26H,7,10,14H2,1-3H3,(H,24,25)(H,27,28,30). The van der Waals surface area contributed by atoms with E-state index in [1.165, 1.54) is 12.7 Å². The molecule has 0 saturated heterocycles. The van der Waals surface area contributed by atoms with Gasteiger partial charge in [-0.25, -0.2) is 9.97 Å². The van der Waals surface area contributed by atoms with Crippen molar-refractivity contribution in [3.05, 3.63) is 70.5 Å². The highest BCUT2D eigenvalue weighted by atomic mass is 16.5. The van der Waals surface area contributed by atoms with Crippen LogP contribution in [0.5, 0.6) is 11.5 Å². The number of ether oxygens (including phenoxy) is 2. The number of imidazole rings is 1. The third-order valence-electron chi connectivity index (χ3n) is 5.24. The molecule has 0 fully saturated rings. The predicted molar refractivity (Wildman–Crippen MR) is 125 cm³/mol. The zero-order valence-corrected chi connectivity index (χ0v) is 18.3. The number of aromatic amines is 2. The average molecular weight is 435 g/mol. The molecule has 0 amide bonds. The number of nitrogens with zero attached hydrogens (tertiary/aromatic N) is 3. The number of benzene rings is 2. The molecule has 0 aliphatic carbocycles. The van der Waals surface area contributed by atoms with Crippen LogP contribution in [-0.2, 0) is 13.0 Å². The number of nitrogens with one attached hydrogen (secondary N) is 3. The summed E-state index contributed by atoms with van der Waals surface area (Å²) in [6.07, 6.45) is 4.34. The van der Waals surface area contributed by atoms with Crippen molar-refractivity contribution in [2.75, 3.05) is 38.0 Å². The number of likely N-dealkylation sites (N-methyl/N-ethyl adjacent to an activating group) is 1. The van der Waals surface area contributed by atoms with Gasteiger partial charge in [0.2, 0.25) is 5.95 Å². The van der Waals surface area contributed by atoms with Crippen LogP contribution < -0.4 is 25.2 Å². The second kappa shape index (κ2) is 9.42. The fraction of sp³-hybridized carbons (Fsp3) is 0.261. The van der Waals surface area contributed by atoms with Crippen molar-refractivity contribution in [1.82, 2.24) is 19.9 Å². The minimum Gasteiger partial charge on any atom is -0.493 e. The molecule has 4 rings (SSSR count). The number of hydrogen-bond acceptors (Lipinski definition) is 7. The van der Waals surface area contributed by atoms with Crippen LogP contribution in [0.4, 0.5) is 11.6 Å². The molecule has 2 heterocycles. The summed E-state index contributed by atoms with van der Waals surface area (Å²) in [5, 5.41) is 3.82. The van der Waals surface area contributed by atoms with Crippen LogP contribution >= 0.6 is 0 Å². The zero-order valence-electron chi connectivity index (χ0n) is 18.3. The molecule has 0 bridgehead atoms. The van der Waals surface area contributed by atoms with Crippen molar-refractivity contribution >= 4 is 22.5 Å². The van der Waals surface area contributed by atoms with E-state index in [4.69, 9.17) is 9.47 Å². The Bertz CT molecular complexity index is 1250. The summed E-state index contributed by atoms with van der Waals surface area (Å²) in [5.74, 6) is 2.41. The predicted octanol–water partition coefficient (Wildman–Crippen LogP) is 2.95. The first-order valence-corrected chi connectivity index (χ1v) is 10.3. The smallest absolute Gasteiger partial charge is 0.260 e. The van der Waals surface area contributed by atoms with Crippen LogP contribution in [0.1, 0.15) is 11.4 Å². The van der Waals surface area contributed by atoms with E-state index in [1.54, 1.807) is 31.6 Å². The molecule has 166 valence electrons. The van der Waals surface area contributed by atoms with Crippen LogP contribution in [0, 0.1) is 0 Å². The highest BCUT2D eigenvalue weighted by Gasteiger charge is 2.13. The summed E-state index contributed by atoms with van der Waals surface area (Å²) >= 11 is 0. The Labute approximate surface area is 185 Å². The molecule has 0 atom stereocenters. The second-order valence-electron chi connectivity index (χ2n) is 7.38. The minimum absolute atomic E-state index is 0.220. The lowest BCUT2D eigenvalue weighted by atomic mass is 10.1.